The molecule has 3 rings (SSSR count). The number of aryl methyl sites for hydroxylation is 2. The minimum atomic E-state index is -4.45. The van der Waals surface area contributed by atoms with Crippen molar-refractivity contribution in [3.63, 3.8) is 0 Å². The molecule has 9 heteroatoms. The molecule has 0 aliphatic carbocycles. The summed E-state index contributed by atoms with van der Waals surface area (Å²) in [6.07, 6.45) is -1.26. The number of nitrogens with zero attached hydrogens (tertiary/aromatic N) is 4. The summed E-state index contributed by atoms with van der Waals surface area (Å²) < 4.78 is 38.2. The number of nitrogens with one attached hydrogen (secondary N) is 1. The van der Waals surface area contributed by atoms with Crippen LogP contribution in [0, 0.1) is 12.3 Å². The Labute approximate surface area is 173 Å². The zero-order chi connectivity index (χ0) is 22.1. The van der Waals surface area contributed by atoms with Crippen LogP contribution < -0.4 is 10.2 Å². The Hall–Kier alpha value is -2.71. The normalized spacial score (nSPS) is 14.4. The molecule has 0 spiro atoms. The quantitative estimate of drug-likeness (QED) is 0.786. The van der Waals surface area contributed by atoms with Crippen LogP contribution in [0.2, 0.25) is 0 Å². The molecule has 1 aliphatic heterocycles. The number of hydrogen-bond donors (Lipinski definition) is 1. The molecule has 1 N–H and O–H groups in total. The topological polar surface area (TPSA) is 71.0 Å². The van der Waals surface area contributed by atoms with Crippen LogP contribution in [0.1, 0.15) is 56.3 Å². The van der Waals surface area contributed by atoms with E-state index in [1.54, 1.807) is 6.92 Å². The standard InChI is InChI=1S/C21H26F3N5O/c1-13-18(28-17(30)10-20(2,3)4)27-15-6-5-9-29(19(15)26-13)12-14-7-8-16(25-11-14)21(22,23)24/h7-8,11H,5-6,9-10,12H2,1-4H3,(H,27,28,30). The molecule has 0 fully saturated rings. The highest BCUT2D eigenvalue weighted by Crippen LogP contribution is 2.30. The van der Waals surface area contributed by atoms with Crippen molar-refractivity contribution in [1.82, 2.24) is 15.0 Å². The van der Waals surface area contributed by atoms with Crippen molar-refractivity contribution in [2.24, 2.45) is 5.41 Å². The highest BCUT2D eigenvalue weighted by atomic mass is 19.4. The second-order valence-corrected chi connectivity index (χ2v) is 8.79. The van der Waals surface area contributed by atoms with E-state index in [0.717, 1.165) is 31.1 Å². The zero-order valence-corrected chi connectivity index (χ0v) is 17.6. The zero-order valence-electron chi connectivity index (χ0n) is 17.6. The maximum Gasteiger partial charge on any atom is 0.433 e. The Kier molecular flexibility index (Phi) is 6.01. The fraction of sp³-hybridized carbons (Fsp3) is 0.524. The van der Waals surface area contributed by atoms with E-state index in [-0.39, 0.29) is 11.3 Å². The highest BCUT2D eigenvalue weighted by molar-refractivity contribution is 5.90. The Morgan fingerprint density at radius 2 is 1.93 bits per heavy atom. The average Bonchev–Trinajstić information content (AvgIpc) is 2.61. The Bertz CT molecular complexity index is 920. The van der Waals surface area contributed by atoms with E-state index < -0.39 is 11.9 Å². The van der Waals surface area contributed by atoms with Crippen LogP contribution in [0.3, 0.4) is 0 Å². The first-order valence-corrected chi connectivity index (χ1v) is 9.87. The molecule has 162 valence electrons. The molecule has 0 radical (unpaired) electrons. The third-order valence-corrected chi connectivity index (χ3v) is 4.70. The van der Waals surface area contributed by atoms with Gasteiger partial charge in [-0.3, -0.25) is 9.78 Å². The number of hydrogen-bond acceptors (Lipinski definition) is 5. The van der Waals surface area contributed by atoms with Crippen LogP contribution in [0.25, 0.3) is 0 Å². The molecule has 0 saturated carbocycles. The van der Waals surface area contributed by atoms with E-state index in [1.165, 1.54) is 12.3 Å². The van der Waals surface area contributed by atoms with E-state index in [1.807, 2.05) is 25.7 Å². The SMILES string of the molecule is Cc1nc2c(nc1NC(=O)CC(C)(C)C)CCCN2Cc1ccc(C(F)(F)F)nc1. The summed E-state index contributed by atoms with van der Waals surface area (Å²) >= 11 is 0. The number of amides is 1. The summed E-state index contributed by atoms with van der Waals surface area (Å²) in [5.74, 6) is 1.05. The van der Waals surface area contributed by atoms with Gasteiger partial charge < -0.3 is 10.2 Å². The van der Waals surface area contributed by atoms with Gasteiger partial charge >= 0.3 is 6.18 Å². The fourth-order valence-electron chi connectivity index (χ4n) is 3.34. The molecule has 3 heterocycles. The van der Waals surface area contributed by atoms with Crippen LogP contribution in [-0.2, 0) is 23.9 Å². The number of fused-ring (bicyclic) bond motifs is 1. The number of anilines is 2. The molecule has 30 heavy (non-hydrogen) atoms. The van der Waals surface area contributed by atoms with Crippen molar-refractivity contribution in [3.8, 4) is 0 Å². The lowest BCUT2D eigenvalue weighted by Crippen LogP contribution is -2.31. The molecule has 0 saturated heterocycles. The number of pyridine rings is 1. The van der Waals surface area contributed by atoms with Crippen molar-refractivity contribution >= 4 is 17.5 Å². The lowest BCUT2D eigenvalue weighted by Gasteiger charge is -2.30. The summed E-state index contributed by atoms with van der Waals surface area (Å²) in [5, 5.41) is 2.85. The number of halogens is 3. The van der Waals surface area contributed by atoms with Crippen LogP contribution in [0.4, 0.5) is 24.8 Å². The van der Waals surface area contributed by atoms with Gasteiger partial charge in [-0.05, 0) is 36.8 Å². The van der Waals surface area contributed by atoms with Crippen molar-refractivity contribution in [1.29, 1.82) is 0 Å². The highest BCUT2D eigenvalue weighted by Gasteiger charge is 2.32. The third-order valence-electron chi connectivity index (χ3n) is 4.70. The lowest BCUT2D eigenvalue weighted by atomic mass is 9.92. The van der Waals surface area contributed by atoms with Gasteiger partial charge in [0.25, 0.3) is 0 Å². The van der Waals surface area contributed by atoms with Gasteiger partial charge in [-0.2, -0.15) is 13.2 Å². The van der Waals surface area contributed by atoms with Crippen molar-refractivity contribution in [2.45, 2.75) is 59.7 Å². The number of carbonyl (C=O) groups is 1. The van der Waals surface area contributed by atoms with Crippen molar-refractivity contribution in [2.75, 3.05) is 16.8 Å². The van der Waals surface area contributed by atoms with Crippen molar-refractivity contribution in [3.05, 3.63) is 41.0 Å². The van der Waals surface area contributed by atoms with Gasteiger partial charge in [-0.1, -0.05) is 26.8 Å². The summed E-state index contributed by atoms with van der Waals surface area (Å²) in [4.78, 5) is 27.1. The second kappa shape index (κ2) is 8.20. The molecular formula is C21H26F3N5O. The molecular weight excluding hydrogens is 395 g/mol. The first-order valence-electron chi connectivity index (χ1n) is 9.87. The van der Waals surface area contributed by atoms with Gasteiger partial charge in [0.2, 0.25) is 5.91 Å². The van der Waals surface area contributed by atoms with Crippen LogP contribution in [0.15, 0.2) is 18.3 Å². The molecule has 1 amide bonds. The smallest absolute Gasteiger partial charge is 0.351 e. The number of carbonyl (C=O) groups excluding carboxylic acids is 1. The number of rotatable bonds is 4. The summed E-state index contributed by atoms with van der Waals surface area (Å²) in [7, 11) is 0. The monoisotopic (exact) mass is 421 g/mol. The van der Waals surface area contributed by atoms with Crippen LogP contribution >= 0.6 is 0 Å². The number of alkyl halides is 3. The second-order valence-electron chi connectivity index (χ2n) is 8.79. The molecule has 0 atom stereocenters. The predicted molar refractivity (Wildman–Crippen MR) is 108 cm³/mol. The largest absolute Gasteiger partial charge is 0.433 e. The molecule has 2 aromatic heterocycles. The molecule has 1 aliphatic rings. The molecule has 0 aromatic carbocycles. The van der Waals surface area contributed by atoms with Gasteiger partial charge in [-0.15, -0.1) is 0 Å². The number of aromatic nitrogens is 3. The maximum absolute atomic E-state index is 12.7. The van der Waals surface area contributed by atoms with E-state index in [2.05, 4.69) is 20.3 Å². The molecule has 2 aromatic rings. The van der Waals surface area contributed by atoms with Gasteiger partial charge in [0.05, 0.1) is 11.4 Å². The van der Waals surface area contributed by atoms with E-state index in [9.17, 15) is 18.0 Å². The first kappa shape index (κ1) is 22.0. The lowest BCUT2D eigenvalue weighted by molar-refractivity contribution is -0.141. The van der Waals surface area contributed by atoms with E-state index in [4.69, 9.17) is 0 Å². The first-order chi connectivity index (χ1) is 13.9. The Balaban J connectivity index is 1.77. The Morgan fingerprint density at radius 3 is 2.53 bits per heavy atom. The molecule has 6 nitrogen and oxygen atoms in total. The van der Waals surface area contributed by atoms with Crippen LogP contribution in [0.5, 0.6) is 0 Å². The van der Waals surface area contributed by atoms with Gasteiger partial charge in [0, 0.05) is 25.7 Å². The maximum atomic E-state index is 12.7. The van der Waals surface area contributed by atoms with Crippen molar-refractivity contribution < 1.29 is 18.0 Å². The summed E-state index contributed by atoms with van der Waals surface area (Å²) in [5.41, 5.74) is 1.01. The van der Waals surface area contributed by atoms with Gasteiger partial charge in [-0.25, -0.2) is 9.97 Å². The van der Waals surface area contributed by atoms with E-state index >= 15 is 0 Å². The molecule has 0 bridgehead atoms. The predicted octanol–water partition coefficient (Wildman–Crippen LogP) is 4.53. The minimum absolute atomic E-state index is 0.108. The Morgan fingerprint density at radius 1 is 1.20 bits per heavy atom. The van der Waals surface area contributed by atoms with E-state index in [0.29, 0.717) is 35.9 Å². The summed E-state index contributed by atoms with van der Waals surface area (Å²) in [6, 6.07) is 2.43. The minimum Gasteiger partial charge on any atom is -0.351 e. The summed E-state index contributed by atoms with van der Waals surface area (Å²) in [6.45, 7) is 8.87. The van der Waals surface area contributed by atoms with Gasteiger partial charge in [0.15, 0.2) is 11.6 Å². The molecule has 0 unspecified atom stereocenters. The van der Waals surface area contributed by atoms with Crippen LogP contribution in [-0.4, -0.2) is 27.4 Å². The third kappa shape index (κ3) is 5.46. The average molecular weight is 421 g/mol. The fourth-order valence-corrected chi connectivity index (χ4v) is 3.34. The van der Waals surface area contributed by atoms with Gasteiger partial charge in [0.1, 0.15) is 5.69 Å².